The van der Waals surface area contributed by atoms with Crippen molar-refractivity contribution in [2.45, 2.75) is 38.0 Å². The number of amides is 2. The van der Waals surface area contributed by atoms with Crippen molar-refractivity contribution >= 4 is 46.8 Å². The van der Waals surface area contributed by atoms with Gasteiger partial charge in [0.1, 0.15) is 0 Å². The van der Waals surface area contributed by atoms with Gasteiger partial charge in [0.05, 0.1) is 24.0 Å². The van der Waals surface area contributed by atoms with E-state index in [1.54, 1.807) is 66.1 Å². The van der Waals surface area contributed by atoms with Gasteiger partial charge in [-0.1, -0.05) is 48.5 Å². The van der Waals surface area contributed by atoms with Crippen LogP contribution in [-0.4, -0.2) is 44.9 Å². The second-order valence-electron chi connectivity index (χ2n) is 8.00. The van der Waals surface area contributed by atoms with Gasteiger partial charge in [-0.05, 0) is 49.7 Å². The molecule has 2 aromatic carbocycles. The van der Waals surface area contributed by atoms with Crippen molar-refractivity contribution in [3.05, 3.63) is 83.2 Å². The average Bonchev–Trinajstić information content (AvgIpc) is 3.29. The van der Waals surface area contributed by atoms with Gasteiger partial charge in [0.15, 0.2) is 11.0 Å². The monoisotopic (exact) mass is 541 g/mol. The lowest BCUT2D eigenvalue weighted by atomic mass is 10.2. The van der Waals surface area contributed by atoms with Crippen molar-refractivity contribution in [2.75, 3.05) is 17.7 Å². The molecule has 1 heterocycles. The maximum absolute atomic E-state index is 12.6. The molecule has 0 aliphatic rings. The quantitative estimate of drug-likeness (QED) is 0.190. The van der Waals surface area contributed by atoms with Crippen LogP contribution in [0, 0.1) is 0 Å². The summed E-state index contributed by atoms with van der Waals surface area (Å²) in [7, 11) is 0. The predicted molar refractivity (Wildman–Crippen MR) is 144 cm³/mol. The number of benzene rings is 2. The van der Waals surface area contributed by atoms with Gasteiger partial charge in [0.2, 0.25) is 5.91 Å². The number of anilines is 1. The molecule has 1 atom stereocenters. The van der Waals surface area contributed by atoms with Gasteiger partial charge in [-0.25, -0.2) is 4.79 Å². The Morgan fingerprint density at radius 2 is 1.92 bits per heavy atom. The summed E-state index contributed by atoms with van der Waals surface area (Å²) in [5.74, 6) is -0.424. The van der Waals surface area contributed by atoms with Crippen molar-refractivity contribution in [1.29, 1.82) is 0 Å². The third-order valence-electron chi connectivity index (χ3n) is 5.03. The fraction of sp³-hybridized carbons (Fsp3) is 0.269. The van der Waals surface area contributed by atoms with Crippen LogP contribution in [-0.2, 0) is 16.1 Å². The number of nitrogens with zero attached hydrogens (tertiary/aromatic N) is 3. The first kappa shape index (κ1) is 27.9. The Labute approximate surface area is 224 Å². The lowest BCUT2D eigenvalue weighted by Crippen LogP contribution is -2.28. The number of allylic oxidation sites excluding steroid dienone is 1. The normalized spacial score (nSPS) is 11.4. The molecule has 0 radical (unpaired) electrons. The number of hydrogen-bond donors (Lipinski definition) is 2. The third-order valence-corrected chi connectivity index (χ3v) is 6.23. The Morgan fingerprint density at radius 1 is 1.16 bits per heavy atom. The van der Waals surface area contributed by atoms with E-state index in [0.717, 1.165) is 6.42 Å². The highest BCUT2D eigenvalue weighted by atomic mass is 35.5. The summed E-state index contributed by atoms with van der Waals surface area (Å²) in [5.41, 5.74) is 1.29. The van der Waals surface area contributed by atoms with Crippen molar-refractivity contribution in [3.8, 4) is 0 Å². The average molecular weight is 542 g/mol. The number of halogens is 1. The standard InChI is InChI=1S/C26H28ClN5O4S/c1-4-12-32-23(17(3)28-24(34)18-8-6-10-20(27)14-18)30-31-26(32)37-16-22(33)29-21-11-7-9-19(15-21)25(35)36-13-5-2/h4,6-11,14-15,17H,1,5,12-13,16H2,2-3H3,(H,28,34)(H,29,33). The van der Waals surface area contributed by atoms with E-state index in [2.05, 4.69) is 27.4 Å². The lowest BCUT2D eigenvalue weighted by Gasteiger charge is -2.15. The summed E-state index contributed by atoms with van der Waals surface area (Å²) in [6.45, 7) is 8.23. The summed E-state index contributed by atoms with van der Waals surface area (Å²) >= 11 is 7.19. The minimum Gasteiger partial charge on any atom is -0.462 e. The molecule has 0 bridgehead atoms. The number of aromatic nitrogens is 3. The maximum atomic E-state index is 12.6. The predicted octanol–water partition coefficient (Wildman–Crippen LogP) is 4.91. The fourth-order valence-electron chi connectivity index (χ4n) is 3.33. The summed E-state index contributed by atoms with van der Waals surface area (Å²) in [5, 5.41) is 15.1. The number of hydrogen-bond acceptors (Lipinski definition) is 7. The van der Waals surface area contributed by atoms with Gasteiger partial charge in [-0.2, -0.15) is 0 Å². The van der Waals surface area contributed by atoms with E-state index in [4.69, 9.17) is 16.3 Å². The molecule has 0 spiro atoms. The second kappa shape index (κ2) is 13.6. The van der Waals surface area contributed by atoms with Gasteiger partial charge in [0, 0.05) is 22.8 Å². The molecule has 1 aromatic heterocycles. The number of carbonyl (C=O) groups excluding carboxylic acids is 3. The molecule has 2 amide bonds. The topological polar surface area (TPSA) is 115 Å². The second-order valence-corrected chi connectivity index (χ2v) is 9.38. The molecule has 11 heteroatoms. The zero-order valence-corrected chi connectivity index (χ0v) is 22.1. The molecule has 37 heavy (non-hydrogen) atoms. The van der Waals surface area contributed by atoms with Gasteiger partial charge in [-0.3, -0.25) is 9.59 Å². The van der Waals surface area contributed by atoms with E-state index < -0.39 is 12.0 Å². The molecule has 2 N–H and O–H groups in total. The van der Waals surface area contributed by atoms with E-state index >= 15 is 0 Å². The van der Waals surface area contributed by atoms with E-state index in [9.17, 15) is 14.4 Å². The van der Waals surface area contributed by atoms with Gasteiger partial charge >= 0.3 is 5.97 Å². The molecular weight excluding hydrogens is 514 g/mol. The minimum absolute atomic E-state index is 0.0586. The summed E-state index contributed by atoms with van der Waals surface area (Å²) in [6.07, 6.45) is 2.41. The number of rotatable bonds is 12. The first-order chi connectivity index (χ1) is 17.8. The molecule has 0 saturated carbocycles. The van der Waals surface area contributed by atoms with E-state index in [0.29, 0.717) is 46.0 Å². The molecule has 0 aliphatic carbocycles. The molecule has 0 fully saturated rings. The highest BCUT2D eigenvalue weighted by Crippen LogP contribution is 2.22. The van der Waals surface area contributed by atoms with Crippen molar-refractivity contribution in [1.82, 2.24) is 20.1 Å². The number of nitrogens with one attached hydrogen (secondary N) is 2. The molecule has 194 valence electrons. The highest BCUT2D eigenvalue weighted by Gasteiger charge is 2.21. The molecule has 0 saturated heterocycles. The summed E-state index contributed by atoms with van der Waals surface area (Å²) in [4.78, 5) is 37.3. The van der Waals surface area contributed by atoms with Crippen LogP contribution in [0.2, 0.25) is 5.02 Å². The van der Waals surface area contributed by atoms with Crippen LogP contribution in [0.3, 0.4) is 0 Å². The van der Waals surface area contributed by atoms with Crippen molar-refractivity contribution < 1.29 is 19.1 Å². The smallest absolute Gasteiger partial charge is 0.338 e. The highest BCUT2D eigenvalue weighted by molar-refractivity contribution is 7.99. The van der Waals surface area contributed by atoms with Crippen LogP contribution in [0.5, 0.6) is 0 Å². The maximum Gasteiger partial charge on any atom is 0.338 e. The summed E-state index contributed by atoms with van der Waals surface area (Å²) in [6, 6.07) is 12.8. The Kier molecular flexibility index (Phi) is 10.3. The van der Waals surface area contributed by atoms with Crippen LogP contribution < -0.4 is 10.6 Å². The molecule has 1 unspecified atom stereocenters. The number of ether oxygens (including phenoxy) is 1. The van der Waals surface area contributed by atoms with E-state index in [-0.39, 0.29) is 17.6 Å². The SMILES string of the molecule is C=CCn1c(SCC(=O)Nc2cccc(C(=O)OCCC)c2)nnc1C(C)NC(=O)c1cccc(Cl)c1. The Balaban J connectivity index is 1.63. The minimum atomic E-state index is -0.461. The molecular formula is C26H28ClN5O4S. The number of carbonyl (C=O) groups is 3. The van der Waals surface area contributed by atoms with E-state index in [1.807, 2.05) is 6.92 Å². The molecule has 9 nitrogen and oxygen atoms in total. The molecule has 0 aliphatic heterocycles. The first-order valence-corrected chi connectivity index (χ1v) is 13.0. The Morgan fingerprint density at radius 3 is 2.65 bits per heavy atom. The van der Waals surface area contributed by atoms with Crippen LogP contribution in [0.4, 0.5) is 5.69 Å². The first-order valence-electron chi connectivity index (χ1n) is 11.6. The van der Waals surface area contributed by atoms with E-state index in [1.165, 1.54) is 11.8 Å². The van der Waals surface area contributed by atoms with Crippen molar-refractivity contribution in [2.24, 2.45) is 0 Å². The van der Waals surface area contributed by atoms with Crippen molar-refractivity contribution in [3.63, 3.8) is 0 Å². The van der Waals surface area contributed by atoms with Crippen LogP contribution >= 0.6 is 23.4 Å². The van der Waals surface area contributed by atoms with Gasteiger partial charge in [0.25, 0.3) is 5.91 Å². The largest absolute Gasteiger partial charge is 0.462 e. The number of esters is 1. The zero-order chi connectivity index (χ0) is 26.8. The Hall–Kier alpha value is -3.63. The molecule has 3 rings (SSSR count). The lowest BCUT2D eigenvalue weighted by molar-refractivity contribution is -0.113. The summed E-state index contributed by atoms with van der Waals surface area (Å²) < 4.78 is 6.93. The van der Waals surface area contributed by atoms with Crippen LogP contribution in [0.25, 0.3) is 0 Å². The number of thioether (sulfide) groups is 1. The molecule has 3 aromatic rings. The van der Waals surface area contributed by atoms with Crippen LogP contribution in [0.1, 0.15) is 52.9 Å². The van der Waals surface area contributed by atoms with Gasteiger partial charge in [-0.15, -0.1) is 16.8 Å². The fourth-order valence-corrected chi connectivity index (χ4v) is 4.28. The zero-order valence-electron chi connectivity index (χ0n) is 20.6. The van der Waals surface area contributed by atoms with Crippen LogP contribution in [0.15, 0.2) is 66.3 Å². The third kappa shape index (κ3) is 7.93. The Bertz CT molecular complexity index is 1280. The van der Waals surface area contributed by atoms with Gasteiger partial charge < -0.3 is 19.9 Å².